The number of benzene rings is 4. The van der Waals surface area contributed by atoms with Gasteiger partial charge in [-0.1, -0.05) is 84.4 Å². The quantitative estimate of drug-likeness (QED) is 0.276. The Hall–Kier alpha value is -3.49. The van der Waals surface area contributed by atoms with Gasteiger partial charge in [-0.3, -0.25) is 9.69 Å². The molecular weight excluding hydrogens is 544 g/mol. The SMILES string of the molecule is O=C(O)[C@@]1(NS(=O)(=O)c2ccc(-c3ccc(Cl)cc3)cc2)C[C@H]1c1ccc2c(c1)CN(Cc1ccccc1)CC2. The van der Waals surface area contributed by atoms with E-state index in [1.54, 1.807) is 24.3 Å². The average Bonchev–Trinajstić information content (AvgIpc) is 3.68. The fourth-order valence-corrected chi connectivity index (χ4v) is 7.19. The van der Waals surface area contributed by atoms with Crippen LogP contribution in [0.15, 0.2) is 102 Å². The van der Waals surface area contributed by atoms with Gasteiger partial charge in [0.25, 0.3) is 0 Å². The molecule has 6 rings (SSSR count). The molecule has 2 atom stereocenters. The van der Waals surface area contributed by atoms with E-state index in [1.807, 2.05) is 36.4 Å². The van der Waals surface area contributed by atoms with Gasteiger partial charge in [-0.2, -0.15) is 4.72 Å². The smallest absolute Gasteiger partial charge is 0.325 e. The number of carbonyl (C=O) groups is 1. The number of hydrogen-bond donors (Lipinski definition) is 2. The summed E-state index contributed by atoms with van der Waals surface area (Å²) in [6.45, 7) is 2.58. The summed E-state index contributed by atoms with van der Waals surface area (Å²) < 4.78 is 29.2. The number of rotatable bonds is 8. The zero-order chi connectivity index (χ0) is 27.9. The van der Waals surface area contributed by atoms with E-state index in [0.717, 1.165) is 42.7 Å². The first-order valence-corrected chi connectivity index (χ1v) is 15.1. The first-order valence-electron chi connectivity index (χ1n) is 13.2. The number of hydrogen-bond acceptors (Lipinski definition) is 4. The Morgan fingerprint density at radius 1 is 0.925 bits per heavy atom. The Morgan fingerprint density at radius 3 is 2.27 bits per heavy atom. The highest BCUT2D eigenvalue weighted by Gasteiger charge is 2.63. The fraction of sp³-hybridized carbons (Fsp3) is 0.219. The third-order valence-corrected chi connectivity index (χ3v) is 9.75. The van der Waals surface area contributed by atoms with Crippen LogP contribution in [0.1, 0.15) is 34.6 Å². The van der Waals surface area contributed by atoms with Crippen LogP contribution < -0.4 is 4.72 Å². The van der Waals surface area contributed by atoms with Gasteiger partial charge in [-0.25, -0.2) is 8.42 Å². The summed E-state index contributed by atoms with van der Waals surface area (Å²) >= 11 is 5.97. The summed E-state index contributed by atoms with van der Waals surface area (Å²) in [5.41, 5.74) is 4.71. The van der Waals surface area contributed by atoms with Crippen molar-refractivity contribution in [3.05, 3.63) is 124 Å². The second-order valence-corrected chi connectivity index (χ2v) is 12.8. The molecule has 2 aliphatic rings. The predicted molar refractivity (Wildman–Crippen MR) is 156 cm³/mol. The minimum Gasteiger partial charge on any atom is -0.480 e. The highest BCUT2D eigenvalue weighted by atomic mass is 35.5. The third kappa shape index (κ3) is 5.30. The van der Waals surface area contributed by atoms with E-state index >= 15 is 0 Å². The Balaban J connectivity index is 1.19. The lowest BCUT2D eigenvalue weighted by Gasteiger charge is -2.29. The second-order valence-electron chi connectivity index (χ2n) is 10.6. The molecule has 4 aromatic rings. The molecular formula is C32H29ClN2O4S. The number of halogens is 1. The number of nitrogens with zero attached hydrogens (tertiary/aromatic N) is 1. The number of aliphatic carboxylic acids is 1. The molecule has 40 heavy (non-hydrogen) atoms. The molecule has 4 aromatic carbocycles. The molecule has 204 valence electrons. The molecule has 1 fully saturated rings. The van der Waals surface area contributed by atoms with Gasteiger partial charge in [-0.05, 0) is 70.5 Å². The predicted octanol–water partition coefficient (Wildman–Crippen LogP) is 5.85. The molecule has 6 nitrogen and oxygen atoms in total. The lowest BCUT2D eigenvalue weighted by molar-refractivity contribution is -0.140. The van der Waals surface area contributed by atoms with Crippen molar-refractivity contribution in [3.63, 3.8) is 0 Å². The summed E-state index contributed by atoms with van der Waals surface area (Å²) in [6.07, 6.45) is 1.13. The van der Waals surface area contributed by atoms with Crippen molar-refractivity contribution >= 4 is 27.6 Å². The maximum absolute atomic E-state index is 13.3. The van der Waals surface area contributed by atoms with Gasteiger partial charge in [0.1, 0.15) is 5.54 Å². The van der Waals surface area contributed by atoms with E-state index < -0.39 is 27.4 Å². The highest BCUT2D eigenvalue weighted by molar-refractivity contribution is 7.89. The van der Waals surface area contributed by atoms with Crippen LogP contribution in [0.4, 0.5) is 0 Å². The standard InChI is InChI=1S/C32H29ClN2O4S/c33-28-12-8-23(9-13-28)24-10-14-29(15-11-24)40(38,39)34-32(31(36)37)19-30(32)26-7-6-25-16-17-35(21-27(25)18-26)20-22-4-2-1-3-5-22/h1-15,18,30,34H,16-17,19-21H2,(H,36,37)/t30-,32+/m0/s1. The van der Waals surface area contributed by atoms with Gasteiger partial charge in [0.15, 0.2) is 0 Å². The van der Waals surface area contributed by atoms with Gasteiger partial charge >= 0.3 is 5.97 Å². The van der Waals surface area contributed by atoms with Gasteiger partial charge in [-0.15, -0.1) is 0 Å². The van der Waals surface area contributed by atoms with E-state index in [2.05, 4.69) is 33.9 Å². The van der Waals surface area contributed by atoms with Gasteiger partial charge < -0.3 is 5.11 Å². The second kappa shape index (κ2) is 10.5. The van der Waals surface area contributed by atoms with Crippen molar-refractivity contribution in [1.29, 1.82) is 0 Å². The van der Waals surface area contributed by atoms with Crippen molar-refractivity contribution in [1.82, 2.24) is 9.62 Å². The molecule has 0 aromatic heterocycles. The first kappa shape index (κ1) is 26.7. The first-order chi connectivity index (χ1) is 19.2. The normalized spacial score (nSPS) is 20.6. The summed E-state index contributed by atoms with van der Waals surface area (Å²) in [7, 11) is -4.07. The van der Waals surface area contributed by atoms with Crippen LogP contribution >= 0.6 is 11.6 Å². The van der Waals surface area contributed by atoms with Crippen LogP contribution in [0, 0.1) is 0 Å². The molecule has 0 amide bonds. The number of carboxylic acids is 1. The molecule has 2 N–H and O–H groups in total. The third-order valence-electron chi connectivity index (χ3n) is 7.97. The summed E-state index contributed by atoms with van der Waals surface area (Å²) in [6, 6.07) is 30.1. The maximum Gasteiger partial charge on any atom is 0.325 e. The molecule has 0 unspecified atom stereocenters. The van der Waals surface area contributed by atoms with Gasteiger partial charge in [0, 0.05) is 30.6 Å². The average molecular weight is 573 g/mol. The lowest BCUT2D eigenvalue weighted by atomic mass is 9.94. The van der Waals surface area contributed by atoms with Crippen LogP contribution in [0.3, 0.4) is 0 Å². The molecule has 0 saturated heterocycles. The van der Waals surface area contributed by atoms with E-state index in [0.29, 0.717) is 5.02 Å². The summed E-state index contributed by atoms with van der Waals surface area (Å²) in [5, 5.41) is 10.8. The van der Waals surface area contributed by atoms with Crippen molar-refractivity contribution < 1.29 is 18.3 Å². The van der Waals surface area contributed by atoms with Gasteiger partial charge in [0.05, 0.1) is 4.90 Å². The van der Waals surface area contributed by atoms with Crippen molar-refractivity contribution in [2.45, 2.75) is 42.3 Å². The molecule has 0 radical (unpaired) electrons. The van der Waals surface area contributed by atoms with E-state index in [4.69, 9.17) is 11.6 Å². The number of sulfonamides is 1. The summed E-state index contributed by atoms with van der Waals surface area (Å²) in [4.78, 5) is 14.9. The Morgan fingerprint density at radius 2 is 1.60 bits per heavy atom. The fourth-order valence-electron chi connectivity index (χ4n) is 5.65. The van der Waals surface area contributed by atoms with Crippen LogP contribution in [0.5, 0.6) is 0 Å². The zero-order valence-electron chi connectivity index (χ0n) is 21.8. The molecule has 1 aliphatic heterocycles. The summed E-state index contributed by atoms with van der Waals surface area (Å²) in [5.74, 6) is -1.61. The molecule has 1 saturated carbocycles. The molecule has 8 heteroatoms. The van der Waals surface area contributed by atoms with Crippen LogP contribution in [0.25, 0.3) is 11.1 Å². The minimum absolute atomic E-state index is 0.0264. The zero-order valence-corrected chi connectivity index (χ0v) is 23.3. The van der Waals surface area contributed by atoms with Crippen molar-refractivity contribution in [3.8, 4) is 11.1 Å². The number of fused-ring (bicyclic) bond motifs is 1. The van der Waals surface area contributed by atoms with Gasteiger partial charge in [0.2, 0.25) is 10.0 Å². The van der Waals surface area contributed by atoms with E-state index in [9.17, 15) is 18.3 Å². The Kier molecular flexibility index (Phi) is 7.00. The number of carboxylic acid groups (broad SMARTS) is 1. The monoisotopic (exact) mass is 572 g/mol. The maximum atomic E-state index is 13.3. The molecule has 0 spiro atoms. The van der Waals surface area contributed by atoms with E-state index in [-0.39, 0.29) is 11.3 Å². The Bertz CT molecular complexity index is 1660. The Labute approximate surface area is 239 Å². The van der Waals surface area contributed by atoms with Crippen LogP contribution in [0.2, 0.25) is 5.02 Å². The van der Waals surface area contributed by atoms with Crippen molar-refractivity contribution in [2.24, 2.45) is 0 Å². The van der Waals surface area contributed by atoms with Crippen LogP contribution in [-0.4, -0.2) is 36.5 Å². The molecule has 1 aliphatic carbocycles. The minimum atomic E-state index is -4.07. The molecule has 1 heterocycles. The van der Waals surface area contributed by atoms with Crippen LogP contribution in [-0.2, 0) is 34.3 Å². The largest absolute Gasteiger partial charge is 0.480 e. The van der Waals surface area contributed by atoms with E-state index in [1.165, 1.54) is 28.8 Å². The number of nitrogens with one attached hydrogen (secondary N) is 1. The molecule has 0 bridgehead atoms. The highest BCUT2D eigenvalue weighted by Crippen LogP contribution is 2.53. The topological polar surface area (TPSA) is 86.7 Å². The lowest BCUT2D eigenvalue weighted by Crippen LogP contribution is -2.44. The van der Waals surface area contributed by atoms with Crippen molar-refractivity contribution in [2.75, 3.05) is 6.54 Å².